The van der Waals surface area contributed by atoms with Crippen LogP contribution in [-0.4, -0.2) is 26.9 Å². The van der Waals surface area contributed by atoms with Gasteiger partial charge in [-0.1, -0.05) is 24.6 Å². The summed E-state index contributed by atoms with van der Waals surface area (Å²) in [5.41, 5.74) is 5.73. The minimum Gasteiger partial charge on any atom is -0.478 e. The van der Waals surface area contributed by atoms with Crippen LogP contribution in [0.4, 0.5) is 5.69 Å². The van der Waals surface area contributed by atoms with Gasteiger partial charge in [-0.15, -0.1) is 0 Å². The summed E-state index contributed by atoms with van der Waals surface area (Å²) in [5, 5.41) is 17.2. The molecule has 0 saturated heterocycles. The molecule has 0 amide bonds. The van der Waals surface area contributed by atoms with Gasteiger partial charge in [0.1, 0.15) is 0 Å². The van der Waals surface area contributed by atoms with Crippen LogP contribution in [0.25, 0.3) is 0 Å². The number of carboxylic acids is 1. The van der Waals surface area contributed by atoms with Gasteiger partial charge >= 0.3 is 5.97 Å². The monoisotopic (exact) mass is 368 g/mol. The van der Waals surface area contributed by atoms with Gasteiger partial charge in [-0.3, -0.25) is 10.4 Å². The number of anilines is 1. The van der Waals surface area contributed by atoms with Crippen molar-refractivity contribution < 1.29 is 9.90 Å². The smallest absolute Gasteiger partial charge is 0.335 e. The molecule has 0 unspecified atom stereocenters. The van der Waals surface area contributed by atoms with Crippen LogP contribution < -0.4 is 10.7 Å². The first kappa shape index (κ1) is 18.0. The molecule has 1 atom stereocenters. The Bertz CT molecular complexity index is 823. The number of nitrogens with one attached hydrogen (secondary N) is 2. The molecular formula is C19H20N4O2S. The lowest BCUT2D eigenvalue weighted by Gasteiger charge is -2.24. The number of hydrazone groups is 1. The van der Waals surface area contributed by atoms with E-state index in [2.05, 4.69) is 20.8 Å². The predicted molar refractivity (Wildman–Crippen MR) is 106 cm³/mol. The van der Waals surface area contributed by atoms with Crippen molar-refractivity contribution in [2.75, 3.05) is 5.32 Å². The summed E-state index contributed by atoms with van der Waals surface area (Å²) in [5.74, 6) is -0.940. The van der Waals surface area contributed by atoms with Gasteiger partial charge in [0.25, 0.3) is 0 Å². The first-order valence-corrected chi connectivity index (χ1v) is 8.92. The summed E-state index contributed by atoms with van der Waals surface area (Å²) in [6.45, 7) is 0. The lowest BCUT2D eigenvalue weighted by atomic mass is 9.84. The molecule has 134 valence electrons. The highest BCUT2D eigenvalue weighted by atomic mass is 32.1. The summed E-state index contributed by atoms with van der Waals surface area (Å²) in [6.07, 6.45) is 5.39. The third-order valence-corrected chi connectivity index (χ3v) is 4.49. The third-order valence-electron chi connectivity index (χ3n) is 4.30. The normalized spacial score (nSPS) is 18.3. The quantitative estimate of drug-likeness (QED) is 0.562. The van der Waals surface area contributed by atoms with Crippen molar-refractivity contribution in [2.45, 2.75) is 31.6 Å². The van der Waals surface area contributed by atoms with E-state index >= 15 is 0 Å². The molecule has 1 saturated carbocycles. The zero-order valence-electron chi connectivity index (χ0n) is 14.2. The van der Waals surface area contributed by atoms with Crippen molar-refractivity contribution >= 4 is 34.7 Å². The molecule has 0 spiro atoms. The van der Waals surface area contributed by atoms with E-state index < -0.39 is 5.97 Å². The molecule has 26 heavy (non-hydrogen) atoms. The number of carbonyl (C=O) groups is 1. The Hall–Kier alpha value is -2.80. The highest BCUT2D eigenvalue weighted by molar-refractivity contribution is 7.80. The van der Waals surface area contributed by atoms with E-state index in [1.165, 1.54) is 6.07 Å². The fourth-order valence-corrected chi connectivity index (χ4v) is 3.19. The Kier molecular flexibility index (Phi) is 5.91. The van der Waals surface area contributed by atoms with Crippen molar-refractivity contribution in [3.8, 4) is 0 Å². The Morgan fingerprint density at radius 2 is 2.04 bits per heavy atom. The van der Waals surface area contributed by atoms with Gasteiger partial charge in [0.2, 0.25) is 0 Å². The van der Waals surface area contributed by atoms with E-state index in [1.54, 1.807) is 12.3 Å². The fourth-order valence-electron chi connectivity index (χ4n) is 3.02. The average molecular weight is 368 g/mol. The molecule has 1 aliphatic rings. The molecule has 0 radical (unpaired) electrons. The minimum absolute atomic E-state index is 0.00933. The number of hydrogen-bond donors (Lipinski definition) is 3. The molecule has 7 heteroatoms. The van der Waals surface area contributed by atoms with Crippen LogP contribution in [0.2, 0.25) is 0 Å². The van der Waals surface area contributed by atoms with Crippen LogP contribution in [0.1, 0.15) is 47.7 Å². The van der Waals surface area contributed by atoms with Gasteiger partial charge in [0, 0.05) is 29.2 Å². The van der Waals surface area contributed by atoms with Crippen molar-refractivity contribution in [1.29, 1.82) is 0 Å². The zero-order valence-corrected chi connectivity index (χ0v) is 15.0. The molecule has 2 aromatic rings. The lowest BCUT2D eigenvalue weighted by Crippen LogP contribution is -2.28. The van der Waals surface area contributed by atoms with Crippen molar-refractivity contribution in [1.82, 2.24) is 10.4 Å². The number of aromatic carboxylic acids is 1. The molecular weight excluding hydrogens is 348 g/mol. The van der Waals surface area contributed by atoms with E-state index in [9.17, 15) is 9.90 Å². The van der Waals surface area contributed by atoms with Crippen LogP contribution in [0.3, 0.4) is 0 Å². The molecule has 1 aromatic carbocycles. The number of para-hydroxylation sites is 1. The predicted octanol–water partition coefficient (Wildman–Crippen LogP) is 3.78. The Morgan fingerprint density at radius 3 is 2.81 bits per heavy atom. The maximum atomic E-state index is 11.2. The number of carboxylic acid groups (broad SMARTS) is 1. The summed E-state index contributed by atoms with van der Waals surface area (Å²) in [7, 11) is 0. The maximum Gasteiger partial charge on any atom is 0.335 e. The van der Waals surface area contributed by atoms with E-state index in [4.69, 9.17) is 12.2 Å². The molecule has 1 heterocycles. The van der Waals surface area contributed by atoms with Gasteiger partial charge in [0.15, 0.2) is 5.11 Å². The Morgan fingerprint density at radius 1 is 1.23 bits per heavy atom. The van der Waals surface area contributed by atoms with E-state index in [0.717, 1.165) is 42.8 Å². The molecule has 6 nitrogen and oxygen atoms in total. The summed E-state index contributed by atoms with van der Waals surface area (Å²) < 4.78 is 0. The minimum atomic E-state index is -0.950. The second-order valence-corrected chi connectivity index (χ2v) is 6.52. The highest BCUT2D eigenvalue weighted by Gasteiger charge is 2.24. The van der Waals surface area contributed by atoms with Gasteiger partial charge < -0.3 is 10.4 Å². The molecule has 0 bridgehead atoms. The van der Waals surface area contributed by atoms with Crippen molar-refractivity contribution in [3.05, 3.63) is 59.9 Å². The number of thiocarbonyl (C=S) groups is 1. The zero-order chi connectivity index (χ0) is 18.4. The first-order chi connectivity index (χ1) is 12.6. The van der Waals surface area contributed by atoms with Crippen molar-refractivity contribution in [2.24, 2.45) is 5.10 Å². The van der Waals surface area contributed by atoms with Gasteiger partial charge in [0.05, 0.1) is 5.56 Å². The van der Waals surface area contributed by atoms with Gasteiger partial charge in [-0.25, -0.2) is 4.79 Å². The summed E-state index contributed by atoms with van der Waals surface area (Å²) in [4.78, 5) is 15.6. The number of aromatic nitrogens is 1. The fraction of sp³-hybridized carbons (Fsp3) is 0.263. The van der Waals surface area contributed by atoms with Crippen LogP contribution >= 0.6 is 12.2 Å². The lowest BCUT2D eigenvalue weighted by molar-refractivity contribution is 0.0696. The summed E-state index contributed by atoms with van der Waals surface area (Å²) in [6, 6.07) is 12.8. The average Bonchev–Trinajstić information content (AvgIpc) is 2.67. The number of hydrogen-bond acceptors (Lipinski definition) is 4. The van der Waals surface area contributed by atoms with Crippen LogP contribution in [0.15, 0.2) is 53.8 Å². The molecule has 1 fully saturated rings. The molecule has 3 rings (SSSR count). The van der Waals surface area contributed by atoms with E-state index in [0.29, 0.717) is 5.11 Å². The molecule has 1 aromatic heterocycles. The highest BCUT2D eigenvalue weighted by Crippen LogP contribution is 2.30. The number of benzene rings is 1. The topological polar surface area (TPSA) is 86.6 Å². The molecule has 0 aliphatic heterocycles. The van der Waals surface area contributed by atoms with Crippen LogP contribution in [0, 0.1) is 0 Å². The van der Waals surface area contributed by atoms with E-state index in [1.807, 2.05) is 30.3 Å². The Balaban J connectivity index is 1.72. The number of pyridine rings is 1. The summed E-state index contributed by atoms with van der Waals surface area (Å²) >= 11 is 5.29. The van der Waals surface area contributed by atoms with Gasteiger partial charge in [-0.05, 0) is 55.7 Å². The van der Waals surface area contributed by atoms with Crippen molar-refractivity contribution in [3.63, 3.8) is 0 Å². The van der Waals surface area contributed by atoms with Crippen LogP contribution in [-0.2, 0) is 0 Å². The van der Waals surface area contributed by atoms with Crippen LogP contribution in [0.5, 0.6) is 0 Å². The standard InChI is InChI=1S/C19H20N4O2S/c24-18(25)13-10-11-20-17(12-13)15-8-4-5-9-16(15)22-23-19(26)21-14-6-2-1-3-7-14/h1-3,6-7,10-12,15H,4-5,8-9H2,(H,24,25)(H2,21,23,26)/b22-16-/t15-/m0/s1. The largest absolute Gasteiger partial charge is 0.478 e. The third kappa shape index (κ3) is 4.64. The SMILES string of the molecule is O=C(O)c1ccnc([C@H]2CCCC/C2=N/NC(=S)Nc2ccccc2)c1. The van der Waals surface area contributed by atoms with Gasteiger partial charge in [-0.2, -0.15) is 5.10 Å². The number of nitrogens with zero attached hydrogens (tertiary/aromatic N) is 2. The molecule has 1 aliphatic carbocycles. The number of rotatable bonds is 4. The first-order valence-electron chi connectivity index (χ1n) is 8.51. The molecule has 3 N–H and O–H groups in total. The second-order valence-electron chi connectivity index (χ2n) is 6.11. The maximum absolute atomic E-state index is 11.2. The van der Waals surface area contributed by atoms with E-state index in [-0.39, 0.29) is 11.5 Å². The Labute approximate surface area is 157 Å². The second kappa shape index (κ2) is 8.53.